The third-order valence-electron chi connectivity index (χ3n) is 3.10. The molecular formula is C16H21BrN4. The lowest BCUT2D eigenvalue weighted by Gasteiger charge is -2.16. The first-order chi connectivity index (χ1) is 10.1. The average molecular weight is 349 g/mol. The van der Waals surface area contributed by atoms with E-state index in [0.29, 0.717) is 5.95 Å². The van der Waals surface area contributed by atoms with Gasteiger partial charge in [0.25, 0.3) is 0 Å². The van der Waals surface area contributed by atoms with Gasteiger partial charge in [0, 0.05) is 28.8 Å². The van der Waals surface area contributed by atoms with Crippen LogP contribution in [0, 0.1) is 6.92 Å². The van der Waals surface area contributed by atoms with Crippen LogP contribution in [0.15, 0.2) is 34.8 Å². The Bertz CT molecular complexity index is 601. The molecular weight excluding hydrogens is 328 g/mol. The van der Waals surface area contributed by atoms with Crippen LogP contribution in [0.4, 0.5) is 11.8 Å². The SMILES string of the molecule is CCCNc1nc(C)cc(NC(C)c2cccc(Br)c2)n1. The molecule has 1 heterocycles. The Kier molecular flexibility index (Phi) is 5.56. The van der Waals surface area contributed by atoms with Crippen molar-refractivity contribution in [1.82, 2.24) is 9.97 Å². The van der Waals surface area contributed by atoms with E-state index in [9.17, 15) is 0 Å². The summed E-state index contributed by atoms with van der Waals surface area (Å²) in [4.78, 5) is 8.91. The van der Waals surface area contributed by atoms with E-state index in [2.05, 4.69) is 62.5 Å². The number of hydrogen-bond acceptors (Lipinski definition) is 4. The van der Waals surface area contributed by atoms with E-state index in [-0.39, 0.29) is 6.04 Å². The molecule has 1 atom stereocenters. The summed E-state index contributed by atoms with van der Waals surface area (Å²) in [7, 11) is 0. The number of nitrogens with one attached hydrogen (secondary N) is 2. The maximum atomic E-state index is 4.51. The van der Waals surface area contributed by atoms with Crippen LogP contribution in [-0.4, -0.2) is 16.5 Å². The molecule has 112 valence electrons. The summed E-state index contributed by atoms with van der Waals surface area (Å²) in [5.74, 6) is 1.52. The third kappa shape index (κ3) is 4.70. The van der Waals surface area contributed by atoms with Crippen molar-refractivity contribution in [2.75, 3.05) is 17.2 Å². The van der Waals surface area contributed by atoms with Gasteiger partial charge < -0.3 is 10.6 Å². The van der Waals surface area contributed by atoms with Gasteiger partial charge in [-0.2, -0.15) is 4.98 Å². The fraction of sp³-hybridized carbons (Fsp3) is 0.375. The molecule has 1 unspecified atom stereocenters. The number of halogens is 1. The quantitative estimate of drug-likeness (QED) is 0.804. The molecule has 1 aromatic heterocycles. The number of nitrogens with zero attached hydrogens (tertiary/aromatic N) is 2. The minimum absolute atomic E-state index is 0.177. The highest BCUT2D eigenvalue weighted by atomic mass is 79.9. The fourth-order valence-electron chi connectivity index (χ4n) is 2.04. The Labute approximate surface area is 134 Å². The molecule has 0 saturated heterocycles. The molecule has 2 aromatic rings. The number of rotatable bonds is 6. The van der Waals surface area contributed by atoms with E-state index in [0.717, 1.165) is 29.0 Å². The third-order valence-corrected chi connectivity index (χ3v) is 3.59. The number of aryl methyl sites for hydroxylation is 1. The first kappa shape index (κ1) is 15.8. The van der Waals surface area contributed by atoms with Crippen molar-refractivity contribution in [2.24, 2.45) is 0 Å². The highest BCUT2D eigenvalue weighted by molar-refractivity contribution is 9.10. The molecule has 0 fully saturated rings. The monoisotopic (exact) mass is 348 g/mol. The molecule has 2 rings (SSSR count). The zero-order valence-electron chi connectivity index (χ0n) is 12.7. The zero-order valence-corrected chi connectivity index (χ0v) is 14.2. The van der Waals surface area contributed by atoms with E-state index in [1.165, 1.54) is 5.56 Å². The number of hydrogen-bond donors (Lipinski definition) is 2. The van der Waals surface area contributed by atoms with Crippen LogP contribution >= 0.6 is 15.9 Å². The molecule has 0 amide bonds. The molecule has 2 N–H and O–H groups in total. The van der Waals surface area contributed by atoms with Crippen LogP contribution in [0.5, 0.6) is 0 Å². The van der Waals surface area contributed by atoms with E-state index >= 15 is 0 Å². The molecule has 0 saturated carbocycles. The molecule has 0 radical (unpaired) electrons. The van der Waals surface area contributed by atoms with Gasteiger partial charge in [0.15, 0.2) is 0 Å². The van der Waals surface area contributed by atoms with Crippen LogP contribution in [0.3, 0.4) is 0 Å². The minimum Gasteiger partial charge on any atom is -0.363 e. The maximum absolute atomic E-state index is 4.51. The largest absolute Gasteiger partial charge is 0.363 e. The highest BCUT2D eigenvalue weighted by Crippen LogP contribution is 2.22. The van der Waals surface area contributed by atoms with E-state index in [4.69, 9.17) is 0 Å². The topological polar surface area (TPSA) is 49.8 Å². The van der Waals surface area contributed by atoms with Crippen molar-refractivity contribution in [3.63, 3.8) is 0 Å². The molecule has 5 heteroatoms. The minimum atomic E-state index is 0.177. The van der Waals surface area contributed by atoms with Gasteiger partial charge in [0.1, 0.15) is 5.82 Å². The van der Waals surface area contributed by atoms with Crippen LogP contribution in [-0.2, 0) is 0 Å². The van der Waals surface area contributed by atoms with Gasteiger partial charge in [0.2, 0.25) is 5.95 Å². The second-order valence-corrected chi connectivity index (χ2v) is 5.98. The van der Waals surface area contributed by atoms with Gasteiger partial charge >= 0.3 is 0 Å². The Hall–Kier alpha value is -1.62. The van der Waals surface area contributed by atoms with Gasteiger partial charge in [-0.3, -0.25) is 0 Å². The average Bonchev–Trinajstić information content (AvgIpc) is 2.44. The summed E-state index contributed by atoms with van der Waals surface area (Å²) in [6, 6.07) is 10.4. The summed E-state index contributed by atoms with van der Waals surface area (Å²) in [6.45, 7) is 7.10. The molecule has 0 aliphatic heterocycles. The van der Waals surface area contributed by atoms with Gasteiger partial charge in [-0.05, 0) is 38.0 Å². The summed E-state index contributed by atoms with van der Waals surface area (Å²) in [5.41, 5.74) is 2.16. The molecule has 0 bridgehead atoms. The van der Waals surface area contributed by atoms with Gasteiger partial charge in [-0.1, -0.05) is 35.0 Å². The van der Waals surface area contributed by atoms with E-state index in [1.54, 1.807) is 0 Å². The molecule has 1 aromatic carbocycles. The van der Waals surface area contributed by atoms with E-state index in [1.807, 2.05) is 25.1 Å². The number of aromatic nitrogens is 2. The second kappa shape index (κ2) is 7.41. The lowest BCUT2D eigenvalue weighted by atomic mass is 10.1. The lowest BCUT2D eigenvalue weighted by Crippen LogP contribution is -2.11. The first-order valence-electron chi connectivity index (χ1n) is 7.20. The van der Waals surface area contributed by atoms with Gasteiger partial charge in [-0.25, -0.2) is 4.98 Å². The predicted molar refractivity (Wildman–Crippen MR) is 91.7 cm³/mol. The van der Waals surface area contributed by atoms with Gasteiger partial charge in [-0.15, -0.1) is 0 Å². The molecule has 0 aliphatic carbocycles. The molecule has 0 aliphatic rings. The van der Waals surface area contributed by atoms with Crippen molar-refractivity contribution in [3.05, 3.63) is 46.1 Å². The van der Waals surface area contributed by atoms with Crippen molar-refractivity contribution < 1.29 is 0 Å². The molecule has 21 heavy (non-hydrogen) atoms. The molecule has 4 nitrogen and oxygen atoms in total. The van der Waals surface area contributed by atoms with Crippen LogP contribution in [0.1, 0.15) is 37.6 Å². The predicted octanol–water partition coefficient (Wildman–Crippen LogP) is 4.54. The van der Waals surface area contributed by atoms with Crippen LogP contribution in [0.2, 0.25) is 0 Å². The lowest BCUT2D eigenvalue weighted by molar-refractivity contribution is 0.866. The van der Waals surface area contributed by atoms with Crippen molar-refractivity contribution in [2.45, 2.75) is 33.2 Å². The van der Waals surface area contributed by atoms with Crippen LogP contribution < -0.4 is 10.6 Å². The van der Waals surface area contributed by atoms with Crippen LogP contribution in [0.25, 0.3) is 0 Å². The second-order valence-electron chi connectivity index (χ2n) is 5.07. The van der Waals surface area contributed by atoms with Crippen molar-refractivity contribution >= 4 is 27.7 Å². The maximum Gasteiger partial charge on any atom is 0.224 e. The van der Waals surface area contributed by atoms with Crippen molar-refractivity contribution in [1.29, 1.82) is 0 Å². The summed E-state index contributed by atoms with van der Waals surface area (Å²) >= 11 is 3.50. The van der Waals surface area contributed by atoms with Crippen molar-refractivity contribution in [3.8, 4) is 0 Å². The van der Waals surface area contributed by atoms with Gasteiger partial charge in [0.05, 0.1) is 0 Å². The molecule has 0 spiro atoms. The Morgan fingerprint density at radius 2 is 2.05 bits per heavy atom. The smallest absolute Gasteiger partial charge is 0.224 e. The first-order valence-corrected chi connectivity index (χ1v) is 7.99. The Balaban J connectivity index is 2.13. The summed E-state index contributed by atoms with van der Waals surface area (Å²) in [5, 5.41) is 6.66. The van der Waals surface area contributed by atoms with E-state index < -0.39 is 0 Å². The zero-order chi connectivity index (χ0) is 15.2. The highest BCUT2D eigenvalue weighted by Gasteiger charge is 2.08. The number of anilines is 2. The Morgan fingerprint density at radius 1 is 1.24 bits per heavy atom. The summed E-state index contributed by atoms with van der Waals surface area (Å²) < 4.78 is 1.08. The normalized spacial score (nSPS) is 12.0. The standard InChI is InChI=1S/C16H21BrN4/c1-4-8-18-16-19-11(2)9-15(21-16)20-12(3)13-6-5-7-14(17)10-13/h5-7,9-10,12H,4,8H2,1-3H3,(H2,18,19,20,21). The number of benzene rings is 1. The fourth-order valence-corrected chi connectivity index (χ4v) is 2.46. The summed E-state index contributed by atoms with van der Waals surface area (Å²) in [6.07, 6.45) is 1.05. The Morgan fingerprint density at radius 3 is 2.76 bits per heavy atom.